The molecule has 0 unspecified atom stereocenters. The van der Waals surface area contributed by atoms with E-state index in [2.05, 4.69) is 10.3 Å². The molecular weight excluding hydrogens is 216 g/mol. The lowest BCUT2D eigenvalue weighted by atomic mass is 10.1. The van der Waals surface area contributed by atoms with Crippen molar-refractivity contribution in [3.63, 3.8) is 0 Å². The molecule has 5 nitrogen and oxygen atoms in total. The van der Waals surface area contributed by atoms with Crippen molar-refractivity contribution in [2.45, 2.75) is 53.5 Å². The molecule has 17 heavy (non-hydrogen) atoms. The van der Waals surface area contributed by atoms with Crippen LogP contribution < -0.4 is 16.8 Å². The molecule has 0 saturated carbocycles. The summed E-state index contributed by atoms with van der Waals surface area (Å²) in [6.45, 7) is 10.1. The summed E-state index contributed by atoms with van der Waals surface area (Å²) in [4.78, 5) is 14.8. The molecule has 0 fully saturated rings. The molecule has 5 heteroatoms. The Hall–Kier alpha value is -1.10. The van der Waals surface area contributed by atoms with Crippen LogP contribution in [0.25, 0.3) is 0 Å². The number of rotatable bonds is 6. The zero-order valence-corrected chi connectivity index (χ0v) is 12.2. The summed E-state index contributed by atoms with van der Waals surface area (Å²) in [5, 5.41) is 2.93. The predicted octanol–water partition coefficient (Wildman–Crippen LogP) is 1.27. The van der Waals surface area contributed by atoms with Crippen LogP contribution in [0, 0.1) is 0 Å². The highest BCUT2D eigenvalue weighted by Crippen LogP contribution is 1.98. The van der Waals surface area contributed by atoms with Crippen LogP contribution in [0.2, 0.25) is 0 Å². The minimum Gasteiger partial charge on any atom is -0.370 e. The molecule has 5 N–H and O–H groups in total. The molecule has 0 heterocycles. The van der Waals surface area contributed by atoms with Crippen molar-refractivity contribution in [2.24, 2.45) is 16.5 Å². The average molecular weight is 246 g/mol. The fourth-order valence-electron chi connectivity index (χ4n) is 1.05. The maximum absolute atomic E-state index is 11.0. The van der Waals surface area contributed by atoms with E-state index in [9.17, 15) is 4.79 Å². The highest BCUT2D eigenvalue weighted by atomic mass is 16.1. The molecule has 0 amide bonds. The second-order valence-corrected chi connectivity index (χ2v) is 2.90. The number of Topliss-reactive ketones (excluding diaryl/α,β-unsaturated/α-hetero) is 1. The van der Waals surface area contributed by atoms with Gasteiger partial charge in [-0.25, -0.2) is 0 Å². The summed E-state index contributed by atoms with van der Waals surface area (Å²) in [6.07, 6.45) is 1.58. The minimum absolute atomic E-state index is 0.0748. The van der Waals surface area contributed by atoms with Gasteiger partial charge in [-0.2, -0.15) is 0 Å². The van der Waals surface area contributed by atoms with Crippen molar-refractivity contribution in [1.29, 1.82) is 0 Å². The van der Waals surface area contributed by atoms with Gasteiger partial charge in [0, 0.05) is 6.54 Å². The van der Waals surface area contributed by atoms with Gasteiger partial charge in [0.1, 0.15) is 5.78 Å². The standard InChI is InChI=1S/C8H18N4O.2C2H6/c1-6(13)7(11-2)4-3-5-12-8(9)10;2*1-2/h7,11H,3-5H2,1-2H3,(H4,9,10,12);2*1-2H3/t7-;;/m0../s1. The van der Waals surface area contributed by atoms with Crippen molar-refractivity contribution in [3.05, 3.63) is 0 Å². The molecule has 104 valence electrons. The maximum Gasteiger partial charge on any atom is 0.185 e. The van der Waals surface area contributed by atoms with Crippen molar-refractivity contribution < 1.29 is 4.79 Å². The van der Waals surface area contributed by atoms with Gasteiger partial charge in [-0.05, 0) is 26.8 Å². The lowest BCUT2D eigenvalue weighted by Crippen LogP contribution is -2.32. The summed E-state index contributed by atoms with van der Waals surface area (Å²) >= 11 is 0. The number of ketones is 1. The first-order chi connectivity index (χ1) is 8.07. The first-order valence-corrected chi connectivity index (χ1v) is 6.31. The fraction of sp³-hybridized carbons (Fsp3) is 0.833. The van der Waals surface area contributed by atoms with Crippen molar-refractivity contribution in [2.75, 3.05) is 13.6 Å². The highest BCUT2D eigenvalue weighted by molar-refractivity contribution is 5.81. The molecule has 0 bridgehead atoms. The average Bonchev–Trinajstić information content (AvgIpc) is 2.33. The molecule has 0 saturated heterocycles. The van der Waals surface area contributed by atoms with E-state index in [-0.39, 0.29) is 17.8 Å². The van der Waals surface area contributed by atoms with E-state index in [1.54, 1.807) is 14.0 Å². The largest absolute Gasteiger partial charge is 0.370 e. The van der Waals surface area contributed by atoms with Gasteiger partial charge in [0.25, 0.3) is 0 Å². The third kappa shape index (κ3) is 17.5. The molecule has 0 aromatic heterocycles. The highest BCUT2D eigenvalue weighted by Gasteiger charge is 2.09. The molecule has 1 atom stereocenters. The Labute approximate surface area is 106 Å². The summed E-state index contributed by atoms with van der Waals surface area (Å²) in [5.74, 6) is 0.246. The van der Waals surface area contributed by atoms with E-state index in [0.29, 0.717) is 6.54 Å². The number of likely N-dealkylation sites (N-methyl/N-ethyl adjacent to an activating group) is 1. The number of carbonyl (C=O) groups excluding carboxylic acids is 1. The Morgan fingerprint density at radius 2 is 1.71 bits per heavy atom. The molecule has 0 radical (unpaired) electrons. The SMILES string of the molecule is CC.CC.CN[C@@H](CCCN=C(N)N)C(C)=O. The molecule has 0 aliphatic heterocycles. The van der Waals surface area contributed by atoms with Crippen molar-refractivity contribution in [3.8, 4) is 0 Å². The third-order valence-electron chi connectivity index (χ3n) is 1.78. The van der Waals surface area contributed by atoms with Gasteiger partial charge in [-0.15, -0.1) is 0 Å². The van der Waals surface area contributed by atoms with Crippen molar-refractivity contribution in [1.82, 2.24) is 5.32 Å². The summed E-state index contributed by atoms with van der Waals surface area (Å²) < 4.78 is 0. The number of hydrogen-bond acceptors (Lipinski definition) is 3. The lowest BCUT2D eigenvalue weighted by molar-refractivity contribution is -0.119. The van der Waals surface area contributed by atoms with Crippen LogP contribution in [0.1, 0.15) is 47.5 Å². The van der Waals surface area contributed by atoms with E-state index in [1.807, 2.05) is 27.7 Å². The Kier molecular flexibility index (Phi) is 21.6. The lowest BCUT2D eigenvalue weighted by Gasteiger charge is -2.10. The number of guanidine groups is 1. The maximum atomic E-state index is 11.0. The van der Waals surface area contributed by atoms with Crippen LogP contribution in [0.15, 0.2) is 4.99 Å². The smallest absolute Gasteiger partial charge is 0.185 e. The van der Waals surface area contributed by atoms with Gasteiger partial charge < -0.3 is 16.8 Å². The van der Waals surface area contributed by atoms with Crippen molar-refractivity contribution >= 4 is 11.7 Å². The number of nitrogens with two attached hydrogens (primary N) is 2. The molecule has 0 rings (SSSR count). The van der Waals surface area contributed by atoms with Crippen LogP contribution in [0.5, 0.6) is 0 Å². The summed E-state index contributed by atoms with van der Waals surface area (Å²) in [5.41, 5.74) is 10.3. The molecule has 0 aromatic rings. The van der Waals surface area contributed by atoms with Crippen LogP contribution in [0.4, 0.5) is 0 Å². The van der Waals surface area contributed by atoms with Gasteiger partial charge >= 0.3 is 0 Å². The van der Waals surface area contributed by atoms with Crippen LogP contribution in [-0.4, -0.2) is 31.4 Å². The normalized spacial score (nSPS) is 10.0. The number of hydrogen-bond donors (Lipinski definition) is 3. The summed E-state index contributed by atoms with van der Waals surface area (Å²) in [7, 11) is 1.77. The Balaban J connectivity index is -0.000000439. The topological polar surface area (TPSA) is 93.5 Å². The number of nitrogens with zero attached hydrogens (tertiary/aromatic N) is 1. The second kappa shape index (κ2) is 17.3. The first kappa shape index (κ1) is 21.2. The second-order valence-electron chi connectivity index (χ2n) is 2.90. The quantitative estimate of drug-likeness (QED) is 0.374. The Bertz CT molecular complexity index is 189. The van der Waals surface area contributed by atoms with E-state index in [4.69, 9.17) is 11.5 Å². The molecule has 0 aromatic carbocycles. The van der Waals surface area contributed by atoms with Gasteiger partial charge in [0.2, 0.25) is 0 Å². The Morgan fingerprint density at radius 3 is 2.00 bits per heavy atom. The van der Waals surface area contributed by atoms with E-state index < -0.39 is 0 Å². The number of carbonyl (C=O) groups is 1. The number of nitrogens with one attached hydrogen (secondary N) is 1. The first-order valence-electron chi connectivity index (χ1n) is 6.31. The Morgan fingerprint density at radius 1 is 1.24 bits per heavy atom. The molecular formula is C12H30N4O. The monoisotopic (exact) mass is 246 g/mol. The predicted molar refractivity (Wildman–Crippen MR) is 76.1 cm³/mol. The fourth-order valence-corrected chi connectivity index (χ4v) is 1.05. The zero-order valence-electron chi connectivity index (χ0n) is 12.2. The van der Waals surface area contributed by atoms with Gasteiger partial charge in [0.05, 0.1) is 6.04 Å². The van der Waals surface area contributed by atoms with E-state index >= 15 is 0 Å². The molecule has 0 aliphatic carbocycles. The minimum atomic E-state index is -0.0748. The van der Waals surface area contributed by atoms with Gasteiger partial charge in [0.15, 0.2) is 5.96 Å². The van der Waals surface area contributed by atoms with E-state index in [1.165, 1.54) is 0 Å². The third-order valence-corrected chi connectivity index (χ3v) is 1.78. The van der Waals surface area contributed by atoms with Gasteiger partial charge in [-0.3, -0.25) is 9.79 Å². The number of aliphatic imine (C=N–C) groups is 1. The van der Waals surface area contributed by atoms with Gasteiger partial charge in [-0.1, -0.05) is 27.7 Å². The zero-order chi connectivity index (χ0) is 14.3. The van der Waals surface area contributed by atoms with Crippen LogP contribution in [0.3, 0.4) is 0 Å². The van der Waals surface area contributed by atoms with Crippen LogP contribution in [-0.2, 0) is 4.79 Å². The molecule has 0 aliphatic rings. The summed E-state index contributed by atoms with van der Waals surface area (Å²) in [6, 6.07) is -0.0748. The van der Waals surface area contributed by atoms with E-state index in [0.717, 1.165) is 12.8 Å². The molecule has 0 spiro atoms. The van der Waals surface area contributed by atoms with Crippen LogP contribution >= 0.6 is 0 Å².